The van der Waals surface area contributed by atoms with Crippen LogP contribution in [0.25, 0.3) is 0 Å². The molecule has 8 heteroatoms. The molecule has 0 aliphatic rings. The van der Waals surface area contributed by atoms with E-state index in [-0.39, 0.29) is 22.4 Å². The van der Waals surface area contributed by atoms with Crippen LogP contribution in [0.5, 0.6) is 0 Å². The second-order valence-electron chi connectivity index (χ2n) is 7.04. The van der Waals surface area contributed by atoms with E-state index in [4.69, 9.17) is 5.73 Å². The molecule has 0 spiro atoms. The fourth-order valence-electron chi connectivity index (χ4n) is 2.96. The van der Waals surface area contributed by atoms with Crippen molar-refractivity contribution in [2.75, 3.05) is 16.4 Å². The minimum atomic E-state index is -0.303. The Labute approximate surface area is 180 Å². The summed E-state index contributed by atoms with van der Waals surface area (Å²) in [7, 11) is 0. The van der Waals surface area contributed by atoms with Crippen LogP contribution < -0.4 is 16.4 Å². The summed E-state index contributed by atoms with van der Waals surface area (Å²) in [5.41, 5.74) is 9.68. The number of amides is 1. The van der Waals surface area contributed by atoms with Crippen molar-refractivity contribution in [1.82, 2.24) is 15.0 Å². The predicted molar refractivity (Wildman–Crippen MR) is 124 cm³/mol. The maximum atomic E-state index is 12.7. The summed E-state index contributed by atoms with van der Waals surface area (Å²) in [5.74, 6) is 0.980. The summed E-state index contributed by atoms with van der Waals surface area (Å²) >= 11 is 1.47. The largest absolute Gasteiger partial charge is 0.368 e. The molecule has 30 heavy (non-hydrogen) atoms. The normalized spacial score (nSPS) is 12.8. The Hall–Kier alpha value is -3.13. The number of aromatic nitrogens is 3. The van der Waals surface area contributed by atoms with E-state index in [1.165, 1.54) is 11.8 Å². The third-order valence-corrected chi connectivity index (χ3v) is 5.81. The number of benzene rings is 2. The molecule has 4 N–H and O–H groups in total. The topological polar surface area (TPSA) is 106 Å². The lowest BCUT2D eigenvalue weighted by Gasteiger charge is -2.18. The van der Waals surface area contributed by atoms with Crippen molar-refractivity contribution in [3.8, 4) is 0 Å². The number of nitrogens with one attached hydrogen (secondary N) is 2. The first-order valence-corrected chi connectivity index (χ1v) is 10.6. The van der Waals surface area contributed by atoms with Crippen LogP contribution in [-0.2, 0) is 4.79 Å². The van der Waals surface area contributed by atoms with Crippen molar-refractivity contribution >= 4 is 40.9 Å². The number of aryl methyl sites for hydroxylation is 2. The maximum absolute atomic E-state index is 12.7. The molecule has 0 saturated carbocycles. The van der Waals surface area contributed by atoms with Gasteiger partial charge in [0.1, 0.15) is 5.82 Å². The molecule has 1 aromatic heterocycles. The van der Waals surface area contributed by atoms with Gasteiger partial charge in [-0.1, -0.05) is 36.4 Å². The minimum Gasteiger partial charge on any atom is -0.368 e. The molecule has 1 heterocycles. The molecule has 3 aromatic rings. The molecule has 0 aliphatic carbocycles. The smallest absolute Gasteiger partial charge is 0.237 e. The van der Waals surface area contributed by atoms with Gasteiger partial charge in [-0.15, -0.1) is 11.8 Å². The number of hydrogen-bond acceptors (Lipinski definition) is 7. The van der Waals surface area contributed by atoms with Crippen molar-refractivity contribution in [1.29, 1.82) is 0 Å². The van der Waals surface area contributed by atoms with E-state index in [2.05, 4.69) is 25.6 Å². The first-order chi connectivity index (χ1) is 14.3. The highest BCUT2D eigenvalue weighted by molar-refractivity contribution is 8.00. The average molecular weight is 423 g/mol. The van der Waals surface area contributed by atoms with Gasteiger partial charge in [-0.25, -0.2) is 0 Å². The zero-order valence-corrected chi connectivity index (χ0v) is 18.3. The summed E-state index contributed by atoms with van der Waals surface area (Å²) in [5, 5.41) is 5.72. The van der Waals surface area contributed by atoms with Crippen LogP contribution in [0.3, 0.4) is 0 Å². The van der Waals surface area contributed by atoms with Gasteiger partial charge in [0.25, 0.3) is 0 Å². The fourth-order valence-corrected chi connectivity index (χ4v) is 3.98. The Morgan fingerprint density at radius 2 is 1.63 bits per heavy atom. The van der Waals surface area contributed by atoms with E-state index in [9.17, 15) is 4.79 Å². The Kier molecular flexibility index (Phi) is 6.89. The summed E-state index contributed by atoms with van der Waals surface area (Å²) in [4.78, 5) is 25.6. The van der Waals surface area contributed by atoms with Crippen molar-refractivity contribution in [3.63, 3.8) is 0 Å². The molecule has 2 atom stereocenters. The van der Waals surface area contributed by atoms with Gasteiger partial charge in [-0.05, 0) is 51.0 Å². The van der Waals surface area contributed by atoms with Crippen LogP contribution in [0.15, 0.2) is 48.5 Å². The van der Waals surface area contributed by atoms with Crippen molar-refractivity contribution in [3.05, 3.63) is 65.5 Å². The first-order valence-electron chi connectivity index (χ1n) is 9.69. The summed E-state index contributed by atoms with van der Waals surface area (Å²) < 4.78 is 0. The number of carbonyl (C=O) groups excluding carboxylic acids is 1. The highest BCUT2D eigenvalue weighted by Gasteiger charge is 2.21. The van der Waals surface area contributed by atoms with Gasteiger partial charge in [0.15, 0.2) is 0 Å². The number of rotatable bonds is 7. The van der Waals surface area contributed by atoms with Crippen molar-refractivity contribution < 1.29 is 4.79 Å². The number of thioether (sulfide) groups is 1. The van der Waals surface area contributed by atoms with Gasteiger partial charge in [-0.3, -0.25) is 4.79 Å². The molecular weight excluding hydrogens is 396 g/mol. The second-order valence-corrected chi connectivity index (χ2v) is 8.73. The van der Waals surface area contributed by atoms with Gasteiger partial charge < -0.3 is 16.4 Å². The van der Waals surface area contributed by atoms with E-state index in [1.807, 2.05) is 76.2 Å². The van der Waals surface area contributed by atoms with Gasteiger partial charge in [0.05, 0.1) is 10.5 Å². The second kappa shape index (κ2) is 9.58. The molecule has 0 radical (unpaired) electrons. The van der Waals surface area contributed by atoms with Crippen LogP contribution in [0, 0.1) is 13.8 Å². The molecule has 0 aliphatic heterocycles. The number of nitrogens with zero attached hydrogens (tertiary/aromatic N) is 3. The molecule has 3 rings (SSSR count). The van der Waals surface area contributed by atoms with Gasteiger partial charge in [-0.2, -0.15) is 15.0 Å². The fraction of sp³-hybridized carbons (Fsp3) is 0.273. The van der Waals surface area contributed by atoms with E-state index in [0.29, 0.717) is 11.8 Å². The maximum Gasteiger partial charge on any atom is 0.237 e. The van der Waals surface area contributed by atoms with E-state index in [1.54, 1.807) is 0 Å². The minimum absolute atomic E-state index is 0.0612. The molecule has 7 nitrogen and oxygen atoms in total. The number of anilines is 4. The van der Waals surface area contributed by atoms with E-state index < -0.39 is 0 Å². The Morgan fingerprint density at radius 3 is 2.30 bits per heavy atom. The molecule has 1 amide bonds. The lowest BCUT2D eigenvalue weighted by molar-refractivity contribution is -0.115. The number of nitrogen functional groups attached to an aromatic ring is 1. The van der Waals surface area contributed by atoms with Crippen LogP contribution in [0.1, 0.15) is 36.0 Å². The van der Waals surface area contributed by atoms with Crippen LogP contribution in [-0.4, -0.2) is 26.1 Å². The third kappa shape index (κ3) is 5.48. The molecule has 0 bridgehead atoms. The van der Waals surface area contributed by atoms with Crippen LogP contribution in [0.2, 0.25) is 0 Å². The summed E-state index contributed by atoms with van der Waals surface area (Å²) in [6.07, 6.45) is 0. The highest BCUT2D eigenvalue weighted by Crippen LogP contribution is 2.31. The third-order valence-electron chi connectivity index (χ3n) is 4.57. The summed E-state index contributed by atoms with van der Waals surface area (Å²) in [6.45, 7) is 7.79. The van der Waals surface area contributed by atoms with Gasteiger partial charge >= 0.3 is 0 Å². The Balaban J connectivity index is 1.69. The molecule has 2 unspecified atom stereocenters. The monoisotopic (exact) mass is 422 g/mol. The zero-order valence-electron chi connectivity index (χ0n) is 17.5. The van der Waals surface area contributed by atoms with E-state index in [0.717, 1.165) is 22.5 Å². The number of para-hydroxylation sites is 2. The Morgan fingerprint density at radius 1 is 0.967 bits per heavy atom. The van der Waals surface area contributed by atoms with Gasteiger partial charge in [0.2, 0.25) is 17.8 Å². The quantitative estimate of drug-likeness (QED) is 0.509. The number of nitrogens with two attached hydrogens (primary N) is 1. The average Bonchev–Trinajstić information content (AvgIpc) is 2.71. The van der Waals surface area contributed by atoms with Crippen molar-refractivity contribution in [2.45, 2.75) is 38.2 Å². The molecule has 0 fully saturated rings. The zero-order chi connectivity index (χ0) is 21.7. The lowest BCUT2D eigenvalue weighted by Crippen LogP contribution is -2.24. The van der Waals surface area contributed by atoms with Crippen molar-refractivity contribution in [2.24, 2.45) is 0 Å². The van der Waals surface area contributed by atoms with Crippen LogP contribution >= 0.6 is 11.8 Å². The number of hydrogen-bond donors (Lipinski definition) is 3. The standard InChI is InChI=1S/C22H26N6OS/c1-13-9-8-10-14(2)18(13)25-20(29)16(4)30-15(3)19-26-21(23)28-22(27-19)24-17-11-6-5-7-12-17/h5-12,15-16H,1-4H3,(H,25,29)(H3,23,24,26,27,28). The van der Waals surface area contributed by atoms with E-state index >= 15 is 0 Å². The first kappa shape index (κ1) is 21.6. The van der Waals surface area contributed by atoms with Gasteiger partial charge in [0, 0.05) is 11.4 Å². The van der Waals surface area contributed by atoms with Crippen LogP contribution in [0.4, 0.5) is 23.3 Å². The molecular formula is C22H26N6OS. The lowest BCUT2D eigenvalue weighted by atomic mass is 10.1. The molecule has 156 valence electrons. The molecule has 2 aromatic carbocycles. The summed E-state index contributed by atoms with van der Waals surface area (Å²) in [6, 6.07) is 15.5. The highest BCUT2D eigenvalue weighted by atomic mass is 32.2. The SMILES string of the molecule is Cc1cccc(C)c1NC(=O)C(C)SC(C)c1nc(N)nc(Nc2ccccc2)n1. The number of carbonyl (C=O) groups is 1. The Bertz CT molecular complexity index is 1010. The predicted octanol–water partition coefficient (Wildman–Crippen LogP) is 4.64. The molecule has 0 saturated heterocycles.